The predicted molar refractivity (Wildman–Crippen MR) is 107 cm³/mol. The molecule has 0 spiro atoms. The Balaban J connectivity index is 1.60. The smallest absolute Gasteiger partial charge is 0.425 e. The summed E-state index contributed by atoms with van der Waals surface area (Å²) in [5.74, 6) is -0.949. The van der Waals surface area contributed by atoms with Crippen molar-refractivity contribution in [3.05, 3.63) is 53.4 Å². The molecule has 1 aromatic heterocycles. The zero-order chi connectivity index (χ0) is 23.0. The maximum atomic E-state index is 13.2. The van der Waals surface area contributed by atoms with Crippen LogP contribution in [0.1, 0.15) is 34.3 Å². The largest absolute Gasteiger partial charge is 0.494 e. The highest BCUT2D eigenvalue weighted by Gasteiger charge is 2.40. The molecule has 0 unspecified atom stereocenters. The van der Waals surface area contributed by atoms with Gasteiger partial charge in [0.15, 0.2) is 23.8 Å². The first-order chi connectivity index (χ1) is 15.2. The number of likely N-dealkylation sites (tertiary alicyclic amines) is 1. The number of halogens is 3. The van der Waals surface area contributed by atoms with Crippen molar-refractivity contribution in [3.8, 4) is 17.6 Å². The molecule has 4 rings (SSSR count). The standard InChI is InChI=1S/C22H18F3N3O4/c1-12(22(23,24)25)32-17-6-4-14(8-26)20(30-2)19(17)21(29)28-9-15(10-28)13-3-5-16-18(7-13)31-11-27-16/h3-7,11-12,15H,9-10H2,1-2H3/t12-/m0/s1. The molecule has 1 fully saturated rings. The minimum Gasteiger partial charge on any atom is -0.494 e. The maximum Gasteiger partial charge on any atom is 0.425 e. The topological polar surface area (TPSA) is 88.6 Å². The number of carbonyl (C=O) groups excluding carboxylic acids is 1. The molecule has 2 heterocycles. The maximum absolute atomic E-state index is 13.2. The number of methoxy groups -OCH3 is 1. The number of amides is 1. The number of benzene rings is 2. The van der Waals surface area contributed by atoms with Crippen LogP contribution in [0.15, 0.2) is 41.1 Å². The summed E-state index contributed by atoms with van der Waals surface area (Å²) in [5, 5.41) is 9.34. The minimum absolute atomic E-state index is 0.0238. The van der Waals surface area contributed by atoms with E-state index < -0.39 is 18.2 Å². The van der Waals surface area contributed by atoms with Gasteiger partial charge in [-0.15, -0.1) is 0 Å². The van der Waals surface area contributed by atoms with Crippen LogP contribution in [0.25, 0.3) is 11.1 Å². The Morgan fingerprint density at radius 3 is 2.72 bits per heavy atom. The fraction of sp³-hybridized carbons (Fsp3) is 0.318. The van der Waals surface area contributed by atoms with Crippen molar-refractivity contribution in [2.24, 2.45) is 0 Å². The minimum atomic E-state index is -4.62. The quantitative estimate of drug-likeness (QED) is 0.583. The highest BCUT2D eigenvalue weighted by Crippen LogP contribution is 2.38. The van der Waals surface area contributed by atoms with E-state index in [-0.39, 0.29) is 28.5 Å². The SMILES string of the molecule is COc1c(C#N)ccc(O[C@@H](C)C(F)(F)F)c1C(=O)N1CC(c2ccc3ncoc3c2)C1. The normalized spacial score (nSPS) is 15.2. The summed E-state index contributed by atoms with van der Waals surface area (Å²) in [7, 11) is 1.25. The highest BCUT2D eigenvalue weighted by atomic mass is 19.4. The molecule has 0 bridgehead atoms. The number of carbonyl (C=O) groups is 1. The van der Waals surface area contributed by atoms with Crippen molar-refractivity contribution < 1.29 is 31.9 Å². The van der Waals surface area contributed by atoms with Crippen molar-refractivity contribution in [2.45, 2.75) is 25.1 Å². The van der Waals surface area contributed by atoms with E-state index >= 15 is 0 Å². The molecule has 0 aliphatic carbocycles. The van der Waals surface area contributed by atoms with Crippen molar-refractivity contribution in [1.82, 2.24) is 9.88 Å². The van der Waals surface area contributed by atoms with Crippen molar-refractivity contribution in [1.29, 1.82) is 5.26 Å². The number of oxazole rings is 1. The summed E-state index contributed by atoms with van der Waals surface area (Å²) >= 11 is 0. The van der Waals surface area contributed by atoms with E-state index in [0.717, 1.165) is 18.0 Å². The first kappa shape index (κ1) is 21.5. The molecular weight excluding hydrogens is 427 g/mol. The van der Waals surface area contributed by atoms with Crippen molar-refractivity contribution >= 4 is 17.0 Å². The van der Waals surface area contributed by atoms with Gasteiger partial charge in [0.2, 0.25) is 0 Å². The lowest BCUT2D eigenvalue weighted by molar-refractivity contribution is -0.189. The number of aromatic nitrogens is 1. The lowest BCUT2D eigenvalue weighted by Crippen LogP contribution is -2.48. The molecule has 1 aliphatic heterocycles. The predicted octanol–water partition coefficient (Wildman–Crippen LogP) is 4.28. The highest BCUT2D eigenvalue weighted by molar-refractivity contribution is 6.01. The van der Waals surface area contributed by atoms with Crippen molar-refractivity contribution in [2.75, 3.05) is 20.2 Å². The number of nitriles is 1. The summed E-state index contributed by atoms with van der Waals surface area (Å²) in [5.41, 5.74) is 2.13. The van der Waals surface area contributed by atoms with Gasteiger partial charge in [-0.1, -0.05) is 6.07 Å². The Kier molecular flexibility index (Phi) is 5.42. The molecule has 7 nitrogen and oxygen atoms in total. The number of hydrogen-bond acceptors (Lipinski definition) is 6. The number of ether oxygens (including phenoxy) is 2. The van der Waals surface area contributed by atoms with E-state index in [9.17, 15) is 23.2 Å². The average Bonchev–Trinajstić information content (AvgIpc) is 3.19. The Labute approximate surface area is 181 Å². The van der Waals surface area contributed by atoms with Crippen molar-refractivity contribution in [3.63, 3.8) is 0 Å². The van der Waals surface area contributed by atoms with Gasteiger partial charge in [-0.25, -0.2) is 4.98 Å². The summed E-state index contributed by atoms with van der Waals surface area (Å²) in [6, 6.07) is 9.91. The van der Waals surface area contributed by atoms with Gasteiger partial charge in [-0.2, -0.15) is 18.4 Å². The summed E-state index contributed by atoms with van der Waals surface area (Å²) in [6.07, 6.45) is -5.42. The number of hydrogen-bond donors (Lipinski definition) is 0. The number of alkyl halides is 3. The molecule has 3 aromatic rings. The monoisotopic (exact) mass is 445 g/mol. The summed E-state index contributed by atoms with van der Waals surface area (Å²) < 4.78 is 54.7. The van der Waals surface area contributed by atoms with Gasteiger partial charge in [-0.05, 0) is 36.8 Å². The first-order valence-corrected chi connectivity index (χ1v) is 9.69. The molecule has 1 saturated heterocycles. The van der Waals surface area contributed by atoms with Crippen LogP contribution < -0.4 is 9.47 Å². The molecule has 1 aliphatic rings. The van der Waals surface area contributed by atoms with Gasteiger partial charge in [0.1, 0.15) is 22.9 Å². The van der Waals surface area contributed by atoms with Gasteiger partial charge in [0, 0.05) is 19.0 Å². The third kappa shape index (κ3) is 3.82. The van der Waals surface area contributed by atoms with Crippen LogP contribution in [0.4, 0.5) is 13.2 Å². The van der Waals surface area contributed by atoms with E-state index in [0.29, 0.717) is 18.7 Å². The molecule has 166 valence electrons. The second-order valence-electron chi connectivity index (χ2n) is 7.42. The lowest BCUT2D eigenvalue weighted by Gasteiger charge is -2.40. The summed E-state index contributed by atoms with van der Waals surface area (Å²) in [4.78, 5) is 18.8. The van der Waals surface area contributed by atoms with Gasteiger partial charge >= 0.3 is 6.18 Å². The van der Waals surface area contributed by atoms with E-state index in [1.165, 1.54) is 30.5 Å². The Hall–Kier alpha value is -3.74. The van der Waals surface area contributed by atoms with Gasteiger partial charge < -0.3 is 18.8 Å². The fourth-order valence-electron chi connectivity index (χ4n) is 3.56. The van der Waals surface area contributed by atoms with Crippen LogP contribution in [0.3, 0.4) is 0 Å². The van der Waals surface area contributed by atoms with Crippen LogP contribution in [-0.4, -0.2) is 48.3 Å². The molecule has 32 heavy (non-hydrogen) atoms. The van der Waals surface area contributed by atoms with Crippen LogP contribution in [0, 0.1) is 11.3 Å². The zero-order valence-electron chi connectivity index (χ0n) is 17.1. The van der Waals surface area contributed by atoms with Crippen LogP contribution in [0.5, 0.6) is 11.5 Å². The third-order valence-corrected chi connectivity index (χ3v) is 5.42. The summed E-state index contributed by atoms with van der Waals surface area (Å²) in [6.45, 7) is 1.53. The van der Waals surface area contributed by atoms with E-state index in [1.54, 1.807) is 0 Å². The number of nitrogens with zero attached hydrogens (tertiary/aromatic N) is 3. The Bertz CT molecular complexity index is 1210. The average molecular weight is 445 g/mol. The molecule has 0 radical (unpaired) electrons. The van der Waals surface area contributed by atoms with Crippen LogP contribution >= 0.6 is 0 Å². The van der Waals surface area contributed by atoms with Gasteiger partial charge in [0.05, 0.1) is 12.7 Å². The molecule has 0 saturated carbocycles. The molecule has 1 atom stereocenters. The number of fused-ring (bicyclic) bond motifs is 1. The molecule has 2 aromatic carbocycles. The first-order valence-electron chi connectivity index (χ1n) is 9.69. The molecule has 0 N–H and O–H groups in total. The molecular formula is C22H18F3N3O4. The lowest BCUT2D eigenvalue weighted by atomic mass is 9.90. The second-order valence-corrected chi connectivity index (χ2v) is 7.42. The second kappa shape index (κ2) is 8.07. The van der Waals surface area contributed by atoms with Gasteiger partial charge in [-0.3, -0.25) is 4.79 Å². The number of rotatable bonds is 5. The Morgan fingerprint density at radius 2 is 2.06 bits per heavy atom. The molecule has 1 amide bonds. The van der Waals surface area contributed by atoms with E-state index in [1.807, 2.05) is 24.3 Å². The van der Waals surface area contributed by atoms with E-state index in [4.69, 9.17) is 13.9 Å². The van der Waals surface area contributed by atoms with E-state index in [2.05, 4.69) is 4.98 Å². The van der Waals surface area contributed by atoms with Crippen LogP contribution in [0.2, 0.25) is 0 Å². The third-order valence-electron chi connectivity index (χ3n) is 5.42. The zero-order valence-corrected chi connectivity index (χ0v) is 17.1. The molecule has 10 heteroatoms. The van der Waals surface area contributed by atoms with Gasteiger partial charge in [0.25, 0.3) is 5.91 Å². The Morgan fingerprint density at radius 1 is 1.31 bits per heavy atom. The van der Waals surface area contributed by atoms with Crippen LogP contribution in [-0.2, 0) is 0 Å². The fourth-order valence-corrected chi connectivity index (χ4v) is 3.56.